The van der Waals surface area contributed by atoms with E-state index in [-0.39, 0.29) is 11.8 Å². The summed E-state index contributed by atoms with van der Waals surface area (Å²) in [4.78, 5) is 11.7. The topological polar surface area (TPSA) is 41.5 Å². The second kappa shape index (κ2) is 5.62. The van der Waals surface area contributed by atoms with Gasteiger partial charge in [0.15, 0.2) is 0 Å². The van der Waals surface area contributed by atoms with Gasteiger partial charge in [0.2, 0.25) is 5.91 Å². The van der Waals surface area contributed by atoms with Crippen molar-refractivity contribution in [2.24, 2.45) is 11.0 Å². The zero-order chi connectivity index (χ0) is 12.1. The first-order valence-corrected chi connectivity index (χ1v) is 6.19. The fourth-order valence-corrected chi connectivity index (χ4v) is 1.94. The number of hydrogen-bond acceptors (Lipinski definition) is 2. The number of rotatable bonds is 5. The van der Waals surface area contributed by atoms with Crippen LogP contribution in [0.15, 0.2) is 35.4 Å². The Kier molecular flexibility index (Phi) is 3.91. The second-order valence-electron chi connectivity index (χ2n) is 4.44. The molecule has 1 aromatic rings. The molecule has 1 fully saturated rings. The van der Waals surface area contributed by atoms with Gasteiger partial charge in [-0.15, -0.1) is 0 Å². The van der Waals surface area contributed by atoms with E-state index >= 15 is 0 Å². The van der Waals surface area contributed by atoms with Gasteiger partial charge in [-0.3, -0.25) is 4.79 Å². The zero-order valence-electron chi connectivity index (χ0n) is 10.1. The number of hydrogen-bond donors (Lipinski definition) is 1. The molecule has 0 bridgehead atoms. The Morgan fingerprint density at radius 3 is 2.94 bits per heavy atom. The van der Waals surface area contributed by atoms with Crippen molar-refractivity contribution in [1.29, 1.82) is 0 Å². The Morgan fingerprint density at radius 1 is 1.47 bits per heavy atom. The van der Waals surface area contributed by atoms with Crippen molar-refractivity contribution in [2.75, 3.05) is 0 Å². The van der Waals surface area contributed by atoms with Crippen LogP contribution in [0.2, 0.25) is 0 Å². The maximum atomic E-state index is 11.7. The molecule has 0 aliphatic heterocycles. The van der Waals surface area contributed by atoms with Gasteiger partial charge in [0.1, 0.15) is 0 Å². The molecule has 1 aliphatic carbocycles. The van der Waals surface area contributed by atoms with Crippen LogP contribution in [-0.2, 0) is 4.79 Å². The van der Waals surface area contributed by atoms with Gasteiger partial charge in [0.05, 0.1) is 0 Å². The van der Waals surface area contributed by atoms with E-state index < -0.39 is 0 Å². The van der Waals surface area contributed by atoms with Crippen molar-refractivity contribution < 1.29 is 4.79 Å². The number of hydrazone groups is 1. The Bertz CT molecular complexity index is 400. The number of carbonyl (C=O) groups is 1. The Balaban J connectivity index is 1.81. The van der Waals surface area contributed by atoms with Crippen molar-refractivity contribution in [3.63, 3.8) is 0 Å². The van der Waals surface area contributed by atoms with Gasteiger partial charge in [0.25, 0.3) is 0 Å². The predicted octanol–water partition coefficient (Wildman–Crippen LogP) is 2.69. The van der Waals surface area contributed by atoms with Crippen molar-refractivity contribution in [1.82, 2.24) is 5.43 Å². The summed E-state index contributed by atoms with van der Waals surface area (Å²) in [5.41, 5.74) is 3.86. The molecule has 0 spiro atoms. The fourth-order valence-electron chi connectivity index (χ4n) is 1.94. The van der Waals surface area contributed by atoms with E-state index in [0.717, 1.165) is 19.3 Å². The van der Waals surface area contributed by atoms with Gasteiger partial charge in [-0.25, -0.2) is 5.43 Å². The first-order chi connectivity index (χ1) is 8.33. The molecule has 3 nitrogen and oxygen atoms in total. The van der Waals surface area contributed by atoms with Crippen molar-refractivity contribution in [2.45, 2.75) is 32.1 Å². The van der Waals surface area contributed by atoms with Crippen molar-refractivity contribution >= 4 is 12.1 Å². The normalized spacial score (nSPS) is 22.6. The Labute approximate surface area is 102 Å². The standard InChI is InChI=1S/C14H18N2O/c1-2-3-9-15-16-14(17)13-10-12(13)11-7-5-4-6-8-11/h4-9,12-13H,2-3,10H2,1H3,(H,16,17)/b15-9+. The molecule has 17 heavy (non-hydrogen) atoms. The number of nitrogens with zero attached hydrogens (tertiary/aromatic N) is 1. The van der Waals surface area contributed by atoms with Crippen LogP contribution in [0.4, 0.5) is 0 Å². The van der Waals surface area contributed by atoms with Gasteiger partial charge < -0.3 is 0 Å². The summed E-state index contributed by atoms with van der Waals surface area (Å²) in [6, 6.07) is 10.2. The molecule has 1 N–H and O–H groups in total. The van der Waals surface area contributed by atoms with Crippen LogP contribution in [0.5, 0.6) is 0 Å². The van der Waals surface area contributed by atoms with Crippen molar-refractivity contribution in [3.05, 3.63) is 35.9 Å². The quantitative estimate of drug-likeness (QED) is 0.613. The summed E-state index contributed by atoms with van der Waals surface area (Å²) in [6.07, 6.45) is 4.67. The van der Waals surface area contributed by atoms with Crippen LogP contribution in [0.1, 0.15) is 37.7 Å². The van der Waals surface area contributed by atoms with E-state index in [9.17, 15) is 4.79 Å². The summed E-state index contributed by atoms with van der Waals surface area (Å²) in [7, 11) is 0. The first-order valence-electron chi connectivity index (χ1n) is 6.19. The number of benzene rings is 1. The Hall–Kier alpha value is -1.64. The highest BCUT2D eigenvalue weighted by Crippen LogP contribution is 2.47. The highest BCUT2D eigenvalue weighted by atomic mass is 16.2. The molecule has 0 saturated heterocycles. The lowest BCUT2D eigenvalue weighted by Crippen LogP contribution is -2.19. The van der Waals surface area contributed by atoms with E-state index in [1.807, 2.05) is 18.2 Å². The van der Waals surface area contributed by atoms with E-state index in [4.69, 9.17) is 0 Å². The lowest BCUT2D eigenvalue weighted by Gasteiger charge is -1.99. The maximum Gasteiger partial charge on any atom is 0.243 e. The maximum absolute atomic E-state index is 11.7. The van der Waals surface area contributed by atoms with Crippen LogP contribution in [-0.4, -0.2) is 12.1 Å². The number of nitrogens with one attached hydrogen (secondary N) is 1. The second-order valence-corrected chi connectivity index (χ2v) is 4.44. The van der Waals surface area contributed by atoms with Gasteiger partial charge in [-0.2, -0.15) is 5.10 Å². The minimum absolute atomic E-state index is 0.0474. The van der Waals surface area contributed by atoms with Crippen LogP contribution < -0.4 is 5.43 Å². The lowest BCUT2D eigenvalue weighted by molar-refractivity contribution is -0.122. The molecule has 1 aromatic carbocycles. The average Bonchev–Trinajstić information content (AvgIpc) is 3.16. The highest BCUT2D eigenvalue weighted by molar-refractivity contribution is 5.83. The van der Waals surface area contributed by atoms with Gasteiger partial charge >= 0.3 is 0 Å². The lowest BCUT2D eigenvalue weighted by atomic mass is 10.1. The molecule has 1 saturated carbocycles. The van der Waals surface area contributed by atoms with Crippen LogP contribution in [0.3, 0.4) is 0 Å². The highest BCUT2D eigenvalue weighted by Gasteiger charge is 2.43. The summed E-state index contributed by atoms with van der Waals surface area (Å²) >= 11 is 0. The SMILES string of the molecule is CCC/C=N/NC(=O)C1CC1c1ccccc1. The molecule has 3 heteroatoms. The summed E-state index contributed by atoms with van der Waals surface area (Å²) in [5.74, 6) is 0.542. The van der Waals surface area contributed by atoms with Gasteiger partial charge in [-0.1, -0.05) is 43.7 Å². The van der Waals surface area contributed by atoms with E-state index in [0.29, 0.717) is 5.92 Å². The van der Waals surface area contributed by atoms with E-state index in [1.165, 1.54) is 5.56 Å². The van der Waals surface area contributed by atoms with Gasteiger partial charge in [-0.05, 0) is 24.3 Å². The molecule has 1 aliphatic rings. The van der Waals surface area contributed by atoms with E-state index in [1.54, 1.807) is 6.21 Å². The van der Waals surface area contributed by atoms with Crippen molar-refractivity contribution in [3.8, 4) is 0 Å². The molecule has 2 unspecified atom stereocenters. The van der Waals surface area contributed by atoms with E-state index in [2.05, 4.69) is 29.6 Å². The minimum Gasteiger partial charge on any atom is -0.273 e. The molecule has 2 atom stereocenters. The molecular weight excluding hydrogens is 212 g/mol. The smallest absolute Gasteiger partial charge is 0.243 e. The summed E-state index contributed by atoms with van der Waals surface area (Å²) < 4.78 is 0. The average molecular weight is 230 g/mol. The molecular formula is C14H18N2O. The number of carbonyl (C=O) groups excluding carboxylic acids is 1. The van der Waals surface area contributed by atoms with Crippen LogP contribution in [0.25, 0.3) is 0 Å². The van der Waals surface area contributed by atoms with Gasteiger partial charge in [0, 0.05) is 12.1 Å². The molecule has 1 amide bonds. The predicted molar refractivity (Wildman–Crippen MR) is 68.8 cm³/mol. The molecule has 0 heterocycles. The molecule has 0 aromatic heterocycles. The summed E-state index contributed by atoms with van der Waals surface area (Å²) in [6.45, 7) is 2.08. The third kappa shape index (κ3) is 3.16. The zero-order valence-corrected chi connectivity index (χ0v) is 10.1. The monoisotopic (exact) mass is 230 g/mol. The largest absolute Gasteiger partial charge is 0.273 e. The molecule has 2 rings (SSSR count). The fraction of sp³-hybridized carbons (Fsp3) is 0.429. The van der Waals surface area contributed by atoms with Crippen LogP contribution >= 0.6 is 0 Å². The third-order valence-electron chi connectivity index (χ3n) is 3.04. The molecule has 0 radical (unpaired) electrons. The molecule has 90 valence electrons. The number of unbranched alkanes of at least 4 members (excludes halogenated alkanes) is 1. The number of amides is 1. The summed E-state index contributed by atoms with van der Waals surface area (Å²) in [5, 5.41) is 3.93. The third-order valence-corrected chi connectivity index (χ3v) is 3.04. The minimum atomic E-state index is 0.0474. The Morgan fingerprint density at radius 2 is 2.24 bits per heavy atom. The first kappa shape index (κ1) is 11.8. The van der Waals surface area contributed by atoms with Crippen LogP contribution in [0, 0.1) is 5.92 Å².